The Bertz CT molecular complexity index is 845. The first-order chi connectivity index (χ1) is 14.2. The highest BCUT2D eigenvalue weighted by Crippen LogP contribution is 2.35. The summed E-state index contributed by atoms with van der Waals surface area (Å²) in [6.07, 6.45) is 4.81. The van der Waals surface area contributed by atoms with Crippen molar-refractivity contribution >= 4 is 11.9 Å². The van der Waals surface area contributed by atoms with Gasteiger partial charge in [-0.1, -0.05) is 31.9 Å². The lowest BCUT2D eigenvalue weighted by Crippen LogP contribution is -2.30. The van der Waals surface area contributed by atoms with E-state index in [0.717, 1.165) is 30.6 Å². The Kier molecular flexibility index (Phi) is 7.24. The summed E-state index contributed by atoms with van der Waals surface area (Å²) in [6.45, 7) is 5.23. The van der Waals surface area contributed by atoms with Crippen LogP contribution < -0.4 is 10.1 Å². The van der Waals surface area contributed by atoms with Gasteiger partial charge in [-0.3, -0.25) is 0 Å². The molecule has 1 aliphatic heterocycles. The second-order valence-corrected chi connectivity index (χ2v) is 6.85. The van der Waals surface area contributed by atoms with Crippen LogP contribution in [0.1, 0.15) is 44.7 Å². The lowest BCUT2D eigenvalue weighted by molar-refractivity contribution is -0.140. The lowest BCUT2D eigenvalue weighted by atomic mass is 9.96. The van der Waals surface area contributed by atoms with Crippen LogP contribution in [0.5, 0.6) is 5.75 Å². The van der Waals surface area contributed by atoms with E-state index < -0.39 is 12.0 Å². The molecule has 1 N–H and O–H groups in total. The Balaban J connectivity index is 1.83. The molecule has 0 radical (unpaired) electrons. The number of hydrogen-bond donors (Lipinski definition) is 1. The van der Waals surface area contributed by atoms with Gasteiger partial charge < -0.3 is 19.5 Å². The standard InChI is InChI=1S/C21H28N4O4/c1-4-5-6-11-28-17-9-7-16(8-10-17)19-18(20(26)29-13-12-27-3)15(2)24-21-22-14-23-25(19)21/h7-10,14,19H,4-6,11-13H2,1-3H3,(H,22,23,24). The van der Waals surface area contributed by atoms with Gasteiger partial charge in [0.15, 0.2) is 0 Å². The number of rotatable bonds is 10. The quantitative estimate of drug-likeness (QED) is 0.483. The van der Waals surface area contributed by atoms with E-state index >= 15 is 0 Å². The number of benzene rings is 1. The van der Waals surface area contributed by atoms with Crippen LogP contribution >= 0.6 is 0 Å². The van der Waals surface area contributed by atoms with Gasteiger partial charge in [0.1, 0.15) is 24.7 Å². The van der Waals surface area contributed by atoms with Crippen molar-refractivity contribution < 1.29 is 19.0 Å². The predicted octanol–water partition coefficient (Wildman–Crippen LogP) is 3.33. The number of fused-ring (bicyclic) bond motifs is 1. The predicted molar refractivity (Wildman–Crippen MR) is 109 cm³/mol. The molecule has 0 saturated heterocycles. The second-order valence-electron chi connectivity index (χ2n) is 6.85. The SMILES string of the molecule is CCCCCOc1ccc(C2C(C(=O)OCCOC)=C(C)Nc3ncnn32)cc1. The van der Waals surface area contributed by atoms with Crippen molar-refractivity contribution in [2.45, 2.75) is 39.2 Å². The highest BCUT2D eigenvalue weighted by atomic mass is 16.6. The Labute approximate surface area is 170 Å². The highest BCUT2D eigenvalue weighted by molar-refractivity contribution is 5.92. The first-order valence-electron chi connectivity index (χ1n) is 9.91. The minimum absolute atomic E-state index is 0.188. The van der Waals surface area contributed by atoms with Crippen LogP contribution in [0.3, 0.4) is 0 Å². The number of ether oxygens (including phenoxy) is 3. The molecule has 0 spiro atoms. The van der Waals surface area contributed by atoms with Crippen molar-refractivity contribution in [3.63, 3.8) is 0 Å². The van der Waals surface area contributed by atoms with E-state index in [0.29, 0.717) is 30.4 Å². The van der Waals surface area contributed by atoms with Gasteiger partial charge in [0.2, 0.25) is 5.95 Å². The van der Waals surface area contributed by atoms with Gasteiger partial charge in [0, 0.05) is 12.8 Å². The van der Waals surface area contributed by atoms with Gasteiger partial charge in [0.05, 0.1) is 18.8 Å². The number of nitrogens with zero attached hydrogens (tertiary/aromatic N) is 3. The van der Waals surface area contributed by atoms with Crippen molar-refractivity contribution in [2.75, 3.05) is 32.2 Å². The number of carbonyl (C=O) groups is 1. The summed E-state index contributed by atoms with van der Waals surface area (Å²) in [4.78, 5) is 17.0. The number of anilines is 1. The van der Waals surface area contributed by atoms with E-state index in [2.05, 4.69) is 22.3 Å². The molecule has 0 saturated carbocycles. The van der Waals surface area contributed by atoms with Gasteiger partial charge in [0.25, 0.3) is 0 Å². The summed E-state index contributed by atoms with van der Waals surface area (Å²) in [7, 11) is 1.57. The fourth-order valence-corrected chi connectivity index (χ4v) is 3.25. The molecule has 2 aromatic rings. The van der Waals surface area contributed by atoms with Gasteiger partial charge in [-0.2, -0.15) is 10.1 Å². The fraction of sp³-hybridized carbons (Fsp3) is 0.476. The van der Waals surface area contributed by atoms with Crippen LogP contribution in [0.25, 0.3) is 0 Å². The summed E-state index contributed by atoms with van der Waals surface area (Å²) in [5, 5.41) is 7.44. The molecule has 1 aliphatic rings. The van der Waals surface area contributed by atoms with Crippen molar-refractivity contribution in [3.05, 3.63) is 47.4 Å². The van der Waals surface area contributed by atoms with E-state index in [1.54, 1.807) is 11.8 Å². The number of carbonyl (C=O) groups excluding carboxylic acids is 1. The minimum atomic E-state index is -0.432. The Hall–Kier alpha value is -2.87. The van der Waals surface area contributed by atoms with Gasteiger partial charge in [-0.05, 0) is 31.0 Å². The zero-order valence-corrected chi connectivity index (χ0v) is 17.2. The number of aromatic nitrogens is 3. The zero-order valence-electron chi connectivity index (χ0n) is 17.2. The monoisotopic (exact) mass is 400 g/mol. The number of hydrogen-bond acceptors (Lipinski definition) is 7. The average Bonchev–Trinajstić information content (AvgIpc) is 3.19. The fourth-order valence-electron chi connectivity index (χ4n) is 3.25. The third kappa shape index (κ3) is 4.95. The molecule has 1 aromatic carbocycles. The van der Waals surface area contributed by atoms with E-state index in [1.807, 2.05) is 31.2 Å². The maximum atomic E-state index is 12.8. The lowest BCUT2D eigenvalue weighted by Gasteiger charge is -2.28. The highest BCUT2D eigenvalue weighted by Gasteiger charge is 2.34. The summed E-state index contributed by atoms with van der Waals surface area (Å²) in [5.74, 6) is 0.987. The molecular weight excluding hydrogens is 372 g/mol. The maximum absolute atomic E-state index is 12.8. The van der Waals surface area contributed by atoms with Crippen molar-refractivity contribution in [3.8, 4) is 5.75 Å². The molecule has 1 atom stereocenters. The van der Waals surface area contributed by atoms with Gasteiger partial charge >= 0.3 is 5.97 Å². The van der Waals surface area contributed by atoms with E-state index in [9.17, 15) is 4.79 Å². The van der Waals surface area contributed by atoms with Crippen LogP contribution in [-0.4, -0.2) is 47.7 Å². The Morgan fingerprint density at radius 1 is 1.17 bits per heavy atom. The number of unbranched alkanes of at least 4 members (excludes halogenated alkanes) is 2. The van der Waals surface area contributed by atoms with Gasteiger partial charge in [-0.15, -0.1) is 0 Å². The maximum Gasteiger partial charge on any atom is 0.338 e. The van der Waals surface area contributed by atoms with Gasteiger partial charge in [-0.25, -0.2) is 9.48 Å². The molecule has 0 amide bonds. The first kappa shape index (κ1) is 20.9. The number of esters is 1. The van der Waals surface area contributed by atoms with Crippen molar-refractivity contribution in [1.82, 2.24) is 14.8 Å². The molecule has 1 unspecified atom stereocenters. The largest absolute Gasteiger partial charge is 0.494 e. The second kappa shape index (κ2) is 10.1. The molecule has 8 heteroatoms. The molecule has 2 heterocycles. The third-order valence-electron chi connectivity index (χ3n) is 4.75. The summed E-state index contributed by atoms with van der Waals surface area (Å²) < 4.78 is 17.9. The minimum Gasteiger partial charge on any atom is -0.494 e. The van der Waals surface area contributed by atoms with E-state index in [4.69, 9.17) is 14.2 Å². The van der Waals surface area contributed by atoms with Crippen LogP contribution in [0.2, 0.25) is 0 Å². The molecule has 0 fully saturated rings. The number of allylic oxidation sites excluding steroid dienone is 1. The molecule has 8 nitrogen and oxygen atoms in total. The number of methoxy groups -OCH3 is 1. The smallest absolute Gasteiger partial charge is 0.338 e. The third-order valence-corrected chi connectivity index (χ3v) is 4.75. The Morgan fingerprint density at radius 3 is 2.69 bits per heavy atom. The summed E-state index contributed by atoms with van der Waals surface area (Å²) in [5.41, 5.74) is 2.09. The van der Waals surface area contributed by atoms with E-state index in [1.165, 1.54) is 6.33 Å². The molecule has 3 rings (SSSR count). The molecular formula is C21H28N4O4. The van der Waals surface area contributed by atoms with Crippen molar-refractivity contribution in [1.29, 1.82) is 0 Å². The molecule has 29 heavy (non-hydrogen) atoms. The Morgan fingerprint density at radius 2 is 1.97 bits per heavy atom. The van der Waals surface area contributed by atoms with Crippen LogP contribution in [-0.2, 0) is 14.3 Å². The van der Waals surface area contributed by atoms with Crippen LogP contribution in [0.15, 0.2) is 41.9 Å². The summed E-state index contributed by atoms with van der Waals surface area (Å²) >= 11 is 0. The molecule has 156 valence electrons. The zero-order chi connectivity index (χ0) is 20.6. The average molecular weight is 400 g/mol. The first-order valence-corrected chi connectivity index (χ1v) is 9.91. The topological polar surface area (TPSA) is 87.5 Å². The van der Waals surface area contributed by atoms with Crippen molar-refractivity contribution in [2.24, 2.45) is 0 Å². The van der Waals surface area contributed by atoms with Crippen LogP contribution in [0.4, 0.5) is 5.95 Å². The van der Waals surface area contributed by atoms with E-state index in [-0.39, 0.29) is 6.61 Å². The molecule has 0 bridgehead atoms. The summed E-state index contributed by atoms with van der Waals surface area (Å²) in [6, 6.07) is 7.31. The number of nitrogens with one attached hydrogen (secondary N) is 1. The normalized spacial score (nSPS) is 15.6. The van der Waals surface area contributed by atoms with Crippen LogP contribution in [0, 0.1) is 0 Å². The molecule has 0 aliphatic carbocycles. The molecule has 1 aromatic heterocycles.